The molecule has 0 aliphatic rings. The number of hydrogen-bond acceptors (Lipinski definition) is 4. The van der Waals surface area contributed by atoms with E-state index in [4.69, 9.17) is 9.84 Å². The second kappa shape index (κ2) is 7.65. The van der Waals surface area contributed by atoms with Gasteiger partial charge in [0.15, 0.2) is 0 Å². The monoisotopic (exact) mass is 313 g/mol. The molecule has 2 rings (SSSR count). The Morgan fingerprint density at radius 2 is 1.70 bits per heavy atom. The van der Waals surface area contributed by atoms with Gasteiger partial charge in [0.25, 0.3) is 0 Å². The molecule has 0 aromatic heterocycles. The van der Waals surface area contributed by atoms with Gasteiger partial charge in [0.2, 0.25) is 0 Å². The number of phenolic OH excluding ortho intramolecular Hbond substituents is 1. The molecule has 3 N–H and O–H groups in total. The van der Waals surface area contributed by atoms with Crippen LogP contribution in [0.2, 0.25) is 0 Å². The average Bonchev–Trinajstić information content (AvgIpc) is 2.55. The summed E-state index contributed by atoms with van der Waals surface area (Å²) in [4.78, 5) is 22.9. The number of carbonyl (C=O) groups excluding carboxylic acids is 1. The molecule has 0 saturated heterocycles. The lowest BCUT2D eigenvalue weighted by Crippen LogP contribution is -2.27. The molecular weight excluding hydrogens is 298 g/mol. The van der Waals surface area contributed by atoms with E-state index in [1.54, 1.807) is 12.1 Å². The lowest BCUT2D eigenvalue weighted by molar-refractivity contribution is -0.132. The summed E-state index contributed by atoms with van der Waals surface area (Å²) >= 11 is 0. The Kier molecular flexibility index (Phi) is 5.35. The van der Waals surface area contributed by atoms with Crippen LogP contribution in [0, 0.1) is 0 Å². The average molecular weight is 313 g/mol. The minimum atomic E-state index is -1.30. The third-order valence-corrected chi connectivity index (χ3v) is 2.88. The molecule has 0 spiro atoms. The van der Waals surface area contributed by atoms with Crippen molar-refractivity contribution in [3.63, 3.8) is 0 Å². The Labute approximate surface area is 132 Å². The molecule has 6 nitrogen and oxygen atoms in total. The summed E-state index contributed by atoms with van der Waals surface area (Å²) < 4.78 is 4.97. The highest BCUT2D eigenvalue weighted by Crippen LogP contribution is 2.12. The van der Waals surface area contributed by atoms with E-state index >= 15 is 0 Å². The SMILES string of the molecule is O=C(N/C(=C/c1ccc(O)cc1)C(=O)O)OCc1ccccc1. The zero-order valence-electron chi connectivity index (χ0n) is 12.1. The number of nitrogens with one attached hydrogen (secondary N) is 1. The lowest BCUT2D eigenvalue weighted by atomic mass is 10.2. The number of alkyl carbamates (subject to hydrolysis) is 1. The van der Waals surface area contributed by atoms with Crippen LogP contribution in [0.5, 0.6) is 5.75 Å². The number of aliphatic carboxylic acids is 1. The van der Waals surface area contributed by atoms with Crippen LogP contribution in [0.4, 0.5) is 4.79 Å². The second-order valence-corrected chi connectivity index (χ2v) is 4.64. The first kappa shape index (κ1) is 16.1. The number of amides is 1. The first-order valence-electron chi connectivity index (χ1n) is 6.76. The van der Waals surface area contributed by atoms with Gasteiger partial charge in [0.05, 0.1) is 0 Å². The molecule has 2 aromatic carbocycles. The molecular formula is C17H15NO5. The Hall–Kier alpha value is -3.28. The van der Waals surface area contributed by atoms with Gasteiger partial charge in [0, 0.05) is 0 Å². The predicted octanol–water partition coefficient (Wildman–Crippen LogP) is 2.74. The zero-order valence-corrected chi connectivity index (χ0v) is 12.1. The van der Waals surface area contributed by atoms with Crippen LogP contribution in [-0.4, -0.2) is 22.3 Å². The maximum Gasteiger partial charge on any atom is 0.412 e. The molecule has 0 saturated carbocycles. The van der Waals surface area contributed by atoms with E-state index in [1.165, 1.54) is 30.3 Å². The van der Waals surface area contributed by atoms with Crippen molar-refractivity contribution in [1.29, 1.82) is 0 Å². The van der Waals surface area contributed by atoms with Crippen molar-refractivity contribution in [2.24, 2.45) is 0 Å². The van der Waals surface area contributed by atoms with Crippen molar-refractivity contribution in [2.75, 3.05) is 0 Å². The van der Waals surface area contributed by atoms with E-state index in [-0.39, 0.29) is 18.1 Å². The summed E-state index contributed by atoms with van der Waals surface area (Å²) in [6, 6.07) is 14.9. The molecule has 118 valence electrons. The maximum absolute atomic E-state index is 11.7. The van der Waals surface area contributed by atoms with Gasteiger partial charge >= 0.3 is 12.1 Å². The standard InChI is InChI=1S/C17H15NO5/c19-14-8-6-12(7-9-14)10-15(16(20)21)18-17(22)23-11-13-4-2-1-3-5-13/h1-10,19H,11H2,(H,18,22)(H,20,21)/b15-10+. The Morgan fingerprint density at radius 1 is 1.04 bits per heavy atom. The van der Waals surface area contributed by atoms with Gasteiger partial charge in [-0.2, -0.15) is 0 Å². The van der Waals surface area contributed by atoms with Gasteiger partial charge in [0.1, 0.15) is 18.1 Å². The van der Waals surface area contributed by atoms with Gasteiger partial charge in [-0.15, -0.1) is 0 Å². The van der Waals surface area contributed by atoms with Crippen molar-refractivity contribution in [3.05, 3.63) is 71.4 Å². The smallest absolute Gasteiger partial charge is 0.412 e. The summed E-state index contributed by atoms with van der Waals surface area (Å²) in [5, 5.41) is 20.5. The number of rotatable bonds is 5. The van der Waals surface area contributed by atoms with Gasteiger partial charge in [-0.1, -0.05) is 42.5 Å². The summed E-state index contributed by atoms with van der Waals surface area (Å²) in [7, 11) is 0. The Balaban J connectivity index is 2.00. The van der Waals surface area contributed by atoms with Gasteiger partial charge < -0.3 is 14.9 Å². The van der Waals surface area contributed by atoms with Crippen molar-refractivity contribution in [3.8, 4) is 5.75 Å². The Morgan fingerprint density at radius 3 is 2.30 bits per heavy atom. The summed E-state index contributed by atoms with van der Waals surface area (Å²) in [6.45, 7) is 0.0405. The number of carbonyl (C=O) groups is 2. The van der Waals surface area contributed by atoms with Crippen molar-refractivity contribution >= 4 is 18.1 Å². The highest BCUT2D eigenvalue weighted by Gasteiger charge is 2.12. The van der Waals surface area contributed by atoms with E-state index < -0.39 is 12.1 Å². The topological polar surface area (TPSA) is 95.9 Å². The van der Waals surface area contributed by atoms with Crippen LogP contribution in [-0.2, 0) is 16.1 Å². The fourth-order valence-electron chi connectivity index (χ4n) is 1.76. The van der Waals surface area contributed by atoms with Crippen molar-refractivity contribution < 1.29 is 24.5 Å². The molecule has 0 fully saturated rings. The van der Waals surface area contributed by atoms with E-state index in [2.05, 4.69) is 5.32 Å². The van der Waals surface area contributed by atoms with Gasteiger partial charge in [-0.3, -0.25) is 5.32 Å². The number of aromatic hydroxyl groups is 1. The lowest BCUT2D eigenvalue weighted by Gasteiger charge is -2.08. The zero-order chi connectivity index (χ0) is 16.7. The number of hydrogen-bond donors (Lipinski definition) is 3. The molecule has 23 heavy (non-hydrogen) atoms. The third kappa shape index (κ3) is 5.20. The van der Waals surface area contributed by atoms with E-state index in [9.17, 15) is 14.7 Å². The number of phenols is 1. The summed E-state index contributed by atoms with van der Waals surface area (Å²) in [5.74, 6) is -1.23. The number of carboxylic acids is 1. The fraction of sp³-hybridized carbons (Fsp3) is 0.0588. The van der Waals surface area contributed by atoms with Gasteiger partial charge in [-0.25, -0.2) is 9.59 Å². The second-order valence-electron chi connectivity index (χ2n) is 4.64. The van der Waals surface area contributed by atoms with Crippen LogP contribution in [0.15, 0.2) is 60.3 Å². The van der Waals surface area contributed by atoms with E-state index in [0.29, 0.717) is 5.56 Å². The van der Waals surface area contributed by atoms with Crippen LogP contribution < -0.4 is 5.32 Å². The van der Waals surface area contributed by atoms with Crippen molar-refractivity contribution in [1.82, 2.24) is 5.32 Å². The molecule has 0 unspecified atom stereocenters. The first-order valence-corrected chi connectivity index (χ1v) is 6.76. The molecule has 0 aliphatic heterocycles. The summed E-state index contributed by atoms with van der Waals surface area (Å²) in [6.07, 6.45) is 0.409. The van der Waals surface area contributed by atoms with Gasteiger partial charge in [-0.05, 0) is 29.3 Å². The molecule has 1 amide bonds. The number of benzene rings is 2. The third-order valence-electron chi connectivity index (χ3n) is 2.88. The minimum Gasteiger partial charge on any atom is -0.508 e. The minimum absolute atomic E-state index is 0.0405. The first-order chi connectivity index (χ1) is 11.0. The fourth-order valence-corrected chi connectivity index (χ4v) is 1.76. The maximum atomic E-state index is 11.7. The molecule has 0 atom stereocenters. The van der Waals surface area contributed by atoms with Crippen LogP contribution in [0.3, 0.4) is 0 Å². The highest BCUT2D eigenvalue weighted by atomic mass is 16.5. The van der Waals surface area contributed by atoms with E-state index in [0.717, 1.165) is 5.56 Å². The molecule has 6 heteroatoms. The quantitative estimate of drug-likeness (QED) is 0.738. The van der Waals surface area contributed by atoms with Crippen LogP contribution >= 0.6 is 0 Å². The highest BCUT2D eigenvalue weighted by molar-refractivity contribution is 5.95. The van der Waals surface area contributed by atoms with Crippen LogP contribution in [0.1, 0.15) is 11.1 Å². The number of ether oxygens (including phenoxy) is 1. The molecule has 2 aromatic rings. The molecule has 0 bridgehead atoms. The van der Waals surface area contributed by atoms with Crippen molar-refractivity contribution in [2.45, 2.75) is 6.61 Å². The molecule has 0 heterocycles. The normalized spacial score (nSPS) is 10.9. The molecule has 0 radical (unpaired) electrons. The Bertz CT molecular complexity index is 708. The number of carboxylic acid groups (broad SMARTS) is 1. The van der Waals surface area contributed by atoms with Crippen LogP contribution in [0.25, 0.3) is 6.08 Å². The van der Waals surface area contributed by atoms with E-state index in [1.807, 2.05) is 18.2 Å². The largest absolute Gasteiger partial charge is 0.508 e. The molecule has 0 aliphatic carbocycles. The predicted molar refractivity (Wildman–Crippen MR) is 83.5 cm³/mol. The summed E-state index contributed by atoms with van der Waals surface area (Å²) in [5.41, 5.74) is 0.986.